The smallest absolute Gasteiger partial charge is 0.315 e. The van der Waals surface area contributed by atoms with Crippen LogP contribution in [0.5, 0.6) is 5.75 Å². The first-order valence-electron chi connectivity index (χ1n) is 9.47. The third kappa shape index (κ3) is 5.93. The Kier molecular flexibility index (Phi) is 7.75. The first-order chi connectivity index (χ1) is 12.5. The topological polar surface area (TPSA) is 87.7 Å². The first kappa shape index (κ1) is 20.1. The van der Waals surface area contributed by atoms with Crippen molar-refractivity contribution in [3.8, 4) is 5.75 Å². The molecule has 1 unspecified atom stereocenters. The molecule has 2 amide bonds. The maximum Gasteiger partial charge on any atom is 0.315 e. The summed E-state index contributed by atoms with van der Waals surface area (Å²) < 4.78 is 5.20. The van der Waals surface area contributed by atoms with Crippen molar-refractivity contribution in [2.45, 2.75) is 64.0 Å². The van der Waals surface area contributed by atoms with Crippen molar-refractivity contribution < 1.29 is 19.4 Å². The Morgan fingerprint density at radius 1 is 1.19 bits per heavy atom. The van der Waals surface area contributed by atoms with Gasteiger partial charge in [-0.1, -0.05) is 31.9 Å². The number of hydrogen-bond donors (Lipinski definition) is 3. The van der Waals surface area contributed by atoms with Crippen LogP contribution in [0, 0.1) is 5.92 Å². The molecule has 26 heavy (non-hydrogen) atoms. The number of methoxy groups -OCH3 is 1. The van der Waals surface area contributed by atoms with E-state index in [0.717, 1.165) is 30.6 Å². The molecule has 0 heterocycles. The van der Waals surface area contributed by atoms with E-state index in [1.54, 1.807) is 7.11 Å². The van der Waals surface area contributed by atoms with Crippen LogP contribution in [0.3, 0.4) is 0 Å². The highest BCUT2D eigenvalue weighted by Gasteiger charge is 2.27. The quantitative estimate of drug-likeness (QED) is 0.655. The minimum absolute atomic E-state index is 0.0452. The van der Waals surface area contributed by atoms with Gasteiger partial charge in [0.1, 0.15) is 5.75 Å². The van der Waals surface area contributed by atoms with Gasteiger partial charge < -0.3 is 20.5 Å². The van der Waals surface area contributed by atoms with Crippen molar-refractivity contribution in [3.63, 3.8) is 0 Å². The van der Waals surface area contributed by atoms with Crippen LogP contribution in [0.1, 0.15) is 63.5 Å². The fourth-order valence-corrected chi connectivity index (χ4v) is 3.44. The van der Waals surface area contributed by atoms with Crippen molar-refractivity contribution >= 4 is 12.0 Å². The van der Waals surface area contributed by atoms with Crippen LogP contribution in [0.4, 0.5) is 4.79 Å². The van der Waals surface area contributed by atoms with E-state index in [4.69, 9.17) is 9.84 Å². The van der Waals surface area contributed by atoms with Gasteiger partial charge in [-0.25, -0.2) is 4.79 Å². The monoisotopic (exact) mass is 362 g/mol. The summed E-state index contributed by atoms with van der Waals surface area (Å²) in [5, 5.41) is 15.2. The average Bonchev–Trinajstić information content (AvgIpc) is 2.65. The van der Waals surface area contributed by atoms with Gasteiger partial charge in [-0.05, 0) is 49.8 Å². The van der Waals surface area contributed by atoms with Crippen molar-refractivity contribution in [2.24, 2.45) is 5.92 Å². The Morgan fingerprint density at radius 2 is 1.85 bits per heavy atom. The fraction of sp³-hybridized carbons (Fsp3) is 0.600. The molecule has 0 saturated heterocycles. The molecular weight excluding hydrogens is 332 g/mol. The Labute approximate surface area is 155 Å². The highest BCUT2D eigenvalue weighted by Crippen LogP contribution is 2.25. The number of rotatable bonds is 8. The lowest BCUT2D eigenvalue weighted by Gasteiger charge is -2.28. The highest BCUT2D eigenvalue weighted by atomic mass is 16.5. The van der Waals surface area contributed by atoms with E-state index in [2.05, 4.69) is 17.6 Å². The first-order valence-corrected chi connectivity index (χ1v) is 9.47. The van der Waals surface area contributed by atoms with Crippen LogP contribution in [0.15, 0.2) is 24.3 Å². The van der Waals surface area contributed by atoms with Gasteiger partial charge >= 0.3 is 12.0 Å². The molecule has 1 fully saturated rings. The van der Waals surface area contributed by atoms with E-state index in [-0.39, 0.29) is 24.0 Å². The molecule has 0 bridgehead atoms. The lowest BCUT2D eigenvalue weighted by atomic mass is 9.86. The summed E-state index contributed by atoms with van der Waals surface area (Å²) in [5.41, 5.74) is 1.06. The lowest BCUT2D eigenvalue weighted by Crippen LogP contribution is -2.45. The van der Waals surface area contributed by atoms with E-state index in [0.29, 0.717) is 25.7 Å². The number of urea groups is 1. The number of amides is 2. The van der Waals surface area contributed by atoms with Crippen LogP contribution >= 0.6 is 0 Å². The second kappa shape index (κ2) is 10.0. The number of aliphatic carboxylic acids is 1. The molecule has 6 nitrogen and oxygen atoms in total. The van der Waals surface area contributed by atoms with Crippen LogP contribution in [0.2, 0.25) is 0 Å². The molecule has 0 spiro atoms. The van der Waals surface area contributed by atoms with Gasteiger partial charge in [-0.3, -0.25) is 4.79 Å². The summed E-state index contributed by atoms with van der Waals surface area (Å²) in [5.74, 6) is -0.206. The summed E-state index contributed by atoms with van der Waals surface area (Å²) in [4.78, 5) is 23.5. The summed E-state index contributed by atoms with van der Waals surface area (Å²) in [6.45, 7) is 2.13. The normalized spacial score (nSPS) is 20.8. The molecule has 0 radical (unpaired) electrons. The average molecular weight is 362 g/mol. The van der Waals surface area contributed by atoms with Crippen molar-refractivity contribution in [2.75, 3.05) is 7.11 Å². The van der Waals surface area contributed by atoms with Gasteiger partial charge in [0.25, 0.3) is 0 Å². The molecule has 3 N–H and O–H groups in total. The molecule has 1 aliphatic carbocycles. The number of carboxylic acids is 1. The molecule has 0 aromatic heterocycles. The minimum atomic E-state index is -0.730. The Bertz CT molecular complexity index is 580. The number of benzene rings is 1. The molecular formula is C20H30N2O4. The number of hydrogen-bond acceptors (Lipinski definition) is 3. The molecule has 1 aromatic carbocycles. The number of carboxylic acid groups (broad SMARTS) is 1. The van der Waals surface area contributed by atoms with Crippen LogP contribution in [-0.2, 0) is 4.79 Å². The zero-order valence-corrected chi connectivity index (χ0v) is 15.7. The van der Waals surface area contributed by atoms with Gasteiger partial charge in [0.05, 0.1) is 19.1 Å². The number of unbranched alkanes of at least 4 members (excludes halogenated alkanes) is 1. The number of carbonyl (C=O) groups excluding carboxylic acids is 1. The Hall–Kier alpha value is -2.24. The Balaban J connectivity index is 1.90. The van der Waals surface area contributed by atoms with Crippen molar-refractivity contribution in [3.05, 3.63) is 29.8 Å². The molecule has 2 rings (SSSR count). The van der Waals surface area contributed by atoms with Crippen LogP contribution in [0.25, 0.3) is 0 Å². The number of ether oxygens (including phenoxy) is 1. The maximum atomic E-state index is 12.4. The predicted molar refractivity (Wildman–Crippen MR) is 100 cm³/mol. The third-order valence-corrected chi connectivity index (χ3v) is 5.08. The predicted octanol–water partition coefficient (Wildman–Crippen LogP) is 3.87. The van der Waals surface area contributed by atoms with Crippen LogP contribution < -0.4 is 15.4 Å². The summed E-state index contributed by atoms with van der Waals surface area (Å²) in [6.07, 6.45) is 5.65. The number of nitrogens with one attached hydrogen (secondary N) is 2. The zero-order chi connectivity index (χ0) is 18.9. The Morgan fingerprint density at radius 3 is 2.38 bits per heavy atom. The lowest BCUT2D eigenvalue weighted by molar-refractivity contribution is -0.142. The van der Waals surface area contributed by atoms with Gasteiger partial charge in [-0.2, -0.15) is 0 Å². The third-order valence-electron chi connectivity index (χ3n) is 5.08. The van der Waals surface area contributed by atoms with Crippen molar-refractivity contribution in [1.29, 1.82) is 0 Å². The largest absolute Gasteiger partial charge is 0.497 e. The second-order valence-electron chi connectivity index (χ2n) is 6.97. The van der Waals surface area contributed by atoms with Crippen molar-refractivity contribution in [1.82, 2.24) is 10.6 Å². The molecule has 1 aliphatic rings. The van der Waals surface area contributed by atoms with Gasteiger partial charge in [-0.15, -0.1) is 0 Å². The summed E-state index contributed by atoms with van der Waals surface area (Å²) in [6, 6.07) is 7.60. The maximum absolute atomic E-state index is 12.4. The molecule has 1 atom stereocenters. The van der Waals surface area contributed by atoms with E-state index in [9.17, 15) is 9.59 Å². The molecule has 1 aromatic rings. The highest BCUT2D eigenvalue weighted by molar-refractivity contribution is 5.75. The molecule has 144 valence electrons. The van der Waals surface area contributed by atoms with Crippen LogP contribution in [-0.4, -0.2) is 30.3 Å². The van der Waals surface area contributed by atoms with E-state index < -0.39 is 5.97 Å². The summed E-state index contributed by atoms with van der Waals surface area (Å²) >= 11 is 0. The van der Waals surface area contributed by atoms with E-state index in [1.165, 1.54) is 0 Å². The van der Waals surface area contributed by atoms with Gasteiger partial charge in [0.15, 0.2) is 0 Å². The zero-order valence-electron chi connectivity index (χ0n) is 15.7. The van der Waals surface area contributed by atoms with Gasteiger partial charge in [0, 0.05) is 6.04 Å². The standard InChI is InChI=1S/C20H30N2O4/c1-3-4-5-18(14-8-12-17(26-2)13-9-14)22-20(25)21-16-10-6-15(7-11-16)19(23)24/h8-9,12-13,15-16,18H,3-7,10-11H2,1-2H3,(H,23,24)(H2,21,22,25). The summed E-state index contributed by atoms with van der Waals surface area (Å²) in [7, 11) is 1.63. The van der Waals surface area contributed by atoms with E-state index in [1.807, 2.05) is 24.3 Å². The second-order valence-corrected chi connectivity index (χ2v) is 6.97. The molecule has 0 aliphatic heterocycles. The fourth-order valence-electron chi connectivity index (χ4n) is 3.44. The SMILES string of the molecule is CCCCC(NC(=O)NC1CCC(C(=O)O)CC1)c1ccc(OC)cc1. The minimum Gasteiger partial charge on any atom is -0.497 e. The molecule has 6 heteroatoms. The molecule has 1 saturated carbocycles. The van der Waals surface area contributed by atoms with Gasteiger partial charge in [0.2, 0.25) is 0 Å². The van der Waals surface area contributed by atoms with E-state index >= 15 is 0 Å². The number of carbonyl (C=O) groups is 2.